The summed E-state index contributed by atoms with van der Waals surface area (Å²) in [5, 5.41) is 3.34. The highest BCUT2D eigenvalue weighted by atomic mass is 35.5. The average Bonchev–Trinajstić information content (AvgIpc) is 2.75. The Morgan fingerprint density at radius 1 is 1.27 bits per heavy atom. The number of para-hydroxylation sites is 1. The molecule has 1 fully saturated rings. The zero-order chi connectivity index (χ0) is 15.3. The van der Waals surface area contributed by atoms with Gasteiger partial charge in [0.05, 0.1) is 7.11 Å². The number of nitrogens with zero attached hydrogens (tertiary/aromatic N) is 1. The Hall–Kier alpha value is -1.26. The third kappa shape index (κ3) is 4.62. The van der Waals surface area contributed by atoms with Gasteiger partial charge in [0, 0.05) is 25.0 Å². The highest BCUT2D eigenvalue weighted by molar-refractivity contribution is 5.85. The van der Waals surface area contributed by atoms with Crippen LogP contribution in [0.5, 0.6) is 5.75 Å². The SMILES string of the molecule is COc1ccccc1CC(C)(C)C(=O)N1CCCNCC1.Cl. The van der Waals surface area contributed by atoms with Crippen LogP contribution < -0.4 is 10.1 Å². The third-order valence-electron chi connectivity index (χ3n) is 4.03. The molecule has 0 aromatic heterocycles. The van der Waals surface area contributed by atoms with Gasteiger partial charge in [0.1, 0.15) is 5.75 Å². The number of carbonyl (C=O) groups is 1. The summed E-state index contributed by atoms with van der Waals surface area (Å²) in [6.45, 7) is 7.59. The van der Waals surface area contributed by atoms with Crippen LogP contribution in [0.3, 0.4) is 0 Å². The molecule has 1 aliphatic heterocycles. The number of carbonyl (C=O) groups excluding carboxylic acids is 1. The predicted molar refractivity (Wildman–Crippen MR) is 91.8 cm³/mol. The zero-order valence-corrected chi connectivity index (χ0v) is 14.5. The van der Waals surface area contributed by atoms with E-state index < -0.39 is 5.41 Å². The molecule has 0 radical (unpaired) electrons. The van der Waals surface area contributed by atoms with Crippen LogP contribution in [0.25, 0.3) is 0 Å². The first kappa shape index (κ1) is 18.8. The molecule has 1 aliphatic rings. The second kappa shape index (κ2) is 8.39. The van der Waals surface area contributed by atoms with Crippen LogP contribution in [0.4, 0.5) is 0 Å². The Labute approximate surface area is 139 Å². The van der Waals surface area contributed by atoms with Crippen LogP contribution in [0.2, 0.25) is 0 Å². The van der Waals surface area contributed by atoms with E-state index in [0.29, 0.717) is 6.42 Å². The quantitative estimate of drug-likeness (QED) is 0.924. The average molecular weight is 327 g/mol. The lowest BCUT2D eigenvalue weighted by molar-refractivity contribution is -0.140. The van der Waals surface area contributed by atoms with Gasteiger partial charge in [-0.05, 0) is 31.0 Å². The Balaban J connectivity index is 0.00000242. The molecule has 0 aliphatic carbocycles. The van der Waals surface area contributed by atoms with E-state index in [1.807, 2.05) is 43.0 Å². The molecule has 1 N–H and O–H groups in total. The van der Waals surface area contributed by atoms with Crippen molar-refractivity contribution in [3.05, 3.63) is 29.8 Å². The summed E-state index contributed by atoms with van der Waals surface area (Å²) >= 11 is 0. The van der Waals surface area contributed by atoms with Gasteiger partial charge in [-0.1, -0.05) is 32.0 Å². The lowest BCUT2D eigenvalue weighted by Crippen LogP contribution is -2.43. The minimum Gasteiger partial charge on any atom is -0.496 e. The molecule has 2 rings (SSSR count). The molecule has 4 nitrogen and oxygen atoms in total. The maximum Gasteiger partial charge on any atom is 0.228 e. The van der Waals surface area contributed by atoms with Gasteiger partial charge < -0.3 is 15.0 Å². The van der Waals surface area contributed by atoms with Crippen molar-refractivity contribution in [1.29, 1.82) is 0 Å². The molecule has 0 spiro atoms. The first-order chi connectivity index (χ1) is 10.0. The Bertz CT molecular complexity index is 483. The highest BCUT2D eigenvalue weighted by Crippen LogP contribution is 2.29. The van der Waals surface area contributed by atoms with Crippen LogP contribution >= 0.6 is 12.4 Å². The van der Waals surface area contributed by atoms with E-state index >= 15 is 0 Å². The molecule has 0 saturated carbocycles. The van der Waals surface area contributed by atoms with Crippen molar-refractivity contribution in [1.82, 2.24) is 10.2 Å². The number of rotatable bonds is 4. The van der Waals surface area contributed by atoms with Gasteiger partial charge >= 0.3 is 0 Å². The second-order valence-corrected chi connectivity index (χ2v) is 6.27. The summed E-state index contributed by atoms with van der Waals surface area (Å²) in [5.41, 5.74) is 0.671. The first-order valence-electron chi connectivity index (χ1n) is 7.66. The molecule has 1 aromatic rings. The smallest absolute Gasteiger partial charge is 0.228 e. The van der Waals surface area contributed by atoms with Crippen molar-refractivity contribution in [3.8, 4) is 5.75 Å². The van der Waals surface area contributed by atoms with Gasteiger partial charge in [0.2, 0.25) is 5.91 Å². The predicted octanol–water partition coefficient (Wildman–Crippen LogP) is 2.51. The van der Waals surface area contributed by atoms with Gasteiger partial charge in [-0.3, -0.25) is 4.79 Å². The topological polar surface area (TPSA) is 41.6 Å². The van der Waals surface area contributed by atoms with E-state index in [1.54, 1.807) is 7.11 Å². The summed E-state index contributed by atoms with van der Waals surface area (Å²) in [4.78, 5) is 14.8. The largest absolute Gasteiger partial charge is 0.496 e. The molecular weight excluding hydrogens is 300 g/mol. The minimum absolute atomic E-state index is 0. The maximum atomic E-state index is 12.8. The van der Waals surface area contributed by atoms with Crippen molar-refractivity contribution in [2.75, 3.05) is 33.3 Å². The standard InChI is InChI=1S/C17H26N2O2.ClH/c1-17(2,13-14-7-4-5-8-15(14)21-3)16(20)19-11-6-9-18-10-12-19;/h4-5,7-8,18H,6,9-13H2,1-3H3;1H. The lowest BCUT2D eigenvalue weighted by Gasteiger charge is -2.31. The van der Waals surface area contributed by atoms with Gasteiger partial charge in [-0.15, -0.1) is 12.4 Å². The zero-order valence-electron chi connectivity index (χ0n) is 13.7. The molecular formula is C17H27ClN2O2. The Kier molecular flexibility index (Phi) is 7.17. The van der Waals surface area contributed by atoms with Crippen LogP contribution in [0.1, 0.15) is 25.8 Å². The van der Waals surface area contributed by atoms with Crippen molar-refractivity contribution >= 4 is 18.3 Å². The fraction of sp³-hybridized carbons (Fsp3) is 0.588. The molecule has 1 saturated heterocycles. The summed E-state index contributed by atoms with van der Waals surface area (Å²) in [6.07, 6.45) is 1.72. The lowest BCUT2D eigenvalue weighted by atomic mass is 9.84. The summed E-state index contributed by atoms with van der Waals surface area (Å²) in [6, 6.07) is 7.94. The van der Waals surface area contributed by atoms with Crippen LogP contribution in [-0.4, -0.2) is 44.1 Å². The number of halogens is 1. The van der Waals surface area contributed by atoms with E-state index in [4.69, 9.17) is 4.74 Å². The molecule has 5 heteroatoms. The highest BCUT2D eigenvalue weighted by Gasteiger charge is 2.33. The number of ether oxygens (including phenoxy) is 1. The number of hydrogen-bond donors (Lipinski definition) is 1. The van der Waals surface area contributed by atoms with Crippen molar-refractivity contribution in [3.63, 3.8) is 0 Å². The second-order valence-electron chi connectivity index (χ2n) is 6.27. The molecule has 124 valence electrons. The normalized spacial score (nSPS) is 15.7. The molecule has 22 heavy (non-hydrogen) atoms. The van der Waals surface area contributed by atoms with E-state index in [0.717, 1.165) is 43.9 Å². The Morgan fingerprint density at radius 2 is 2.00 bits per heavy atom. The van der Waals surface area contributed by atoms with Gasteiger partial charge in [0.25, 0.3) is 0 Å². The fourth-order valence-corrected chi connectivity index (χ4v) is 2.88. The molecule has 0 bridgehead atoms. The van der Waals surface area contributed by atoms with Gasteiger partial charge in [-0.2, -0.15) is 0 Å². The minimum atomic E-state index is -0.418. The van der Waals surface area contributed by atoms with Crippen LogP contribution in [0.15, 0.2) is 24.3 Å². The summed E-state index contributed by atoms with van der Waals surface area (Å²) < 4.78 is 5.40. The van der Waals surface area contributed by atoms with E-state index in [2.05, 4.69) is 5.32 Å². The molecule has 1 amide bonds. The van der Waals surface area contributed by atoms with Crippen LogP contribution in [-0.2, 0) is 11.2 Å². The number of methoxy groups -OCH3 is 1. The van der Waals surface area contributed by atoms with Crippen LogP contribution in [0, 0.1) is 5.41 Å². The third-order valence-corrected chi connectivity index (χ3v) is 4.03. The monoisotopic (exact) mass is 326 g/mol. The number of benzene rings is 1. The Morgan fingerprint density at radius 3 is 2.73 bits per heavy atom. The first-order valence-corrected chi connectivity index (χ1v) is 7.66. The summed E-state index contributed by atoms with van der Waals surface area (Å²) in [7, 11) is 1.67. The molecule has 1 aromatic carbocycles. The molecule has 0 unspecified atom stereocenters. The number of amides is 1. The van der Waals surface area contributed by atoms with Crippen molar-refractivity contribution in [2.45, 2.75) is 26.7 Å². The summed E-state index contributed by atoms with van der Waals surface area (Å²) in [5.74, 6) is 1.09. The molecule has 0 atom stereocenters. The van der Waals surface area contributed by atoms with Gasteiger partial charge in [-0.25, -0.2) is 0 Å². The number of nitrogens with one attached hydrogen (secondary N) is 1. The van der Waals surface area contributed by atoms with Crippen molar-refractivity contribution in [2.24, 2.45) is 5.41 Å². The van der Waals surface area contributed by atoms with E-state index in [1.165, 1.54) is 0 Å². The number of hydrogen-bond acceptors (Lipinski definition) is 3. The maximum absolute atomic E-state index is 12.8. The fourth-order valence-electron chi connectivity index (χ4n) is 2.88. The van der Waals surface area contributed by atoms with Crippen molar-refractivity contribution < 1.29 is 9.53 Å². The van der Waals surface area contributed by atoms with Gasteiger partial charge in [0.15, 0.2) is 0 Å². The molecule has 1 heterocycles. The van der Waals surface area contributed by atoms with E-state index in [9.17, 15) is 4.79 Å². The van der Waals surface area contributed by atoms with E-state index in [-0.39, 0.29) is 18.3 Å².